The molecule has 0 radical (unpaired) electrons. The third-order valence-corrected chi connectivity index (χ3v) is 7.19. The summed E-state index contributed by atoms with van der Waals surface area (Å²) in [7, 11) is 1.72. The summed E-state index contributed by atoms with van der Waals surface area (Å²) in [5.41, 5.74) is 5.70. The Kier molecular flexibility index (Phi) is 6.22. The van der Waals surface area contributed by atoms with Gasteiger partial charge >= 0.3 is 5.97 Å². The van der Waals surface area contributed by atoms with Crippen LogP contribution in [0.15, 0.2) is 59.3 Å². The Morgan fingerprint density at radius 1 is 1.06 bits per heavy atom. The van der Waals surface area contributed by atoms with E-state index in [1.807, 2.05) is 29.0 Å². The highest BCUT2D eigenvalue weighted by molar-refractivity contribution is 7.08. The van der Waals surface area contributed by atoms with Crippen LogP contribution in [0, 0.1) is 0 Å². The molecule has 0 atom stereocenters. The Morgan fingerprint density at radius 2 is 1.88 bits per heavy atom. The molecule has 1 aromatic heterocycles. The largest absolute Gasteiger partial charge is 0.478 e. The SMILES string of the molecule is CN1C(=O)C(=C(Nc2cccc(CN3CCCCC3)c2)c2ccsc2)c2cc(C(=O)O)ccc21. The maximum atomic E-state index is 13.4. The number of thiophene rings is 1. The lowest BCUT2D eigenvalue weighted by Gasteiger charge is -2.26. The molecule has 174 valence electrons. The minimum atomic E-state index is -1.01. The molecular formula is C27H27N3O3S. The van der Waals surface area contributed by atoms with Gasteiger partial charge < -0.3 is 15.3 Å². The summed E-state index contributed by atoms with van der Waals surface area (Å²) in [6.07, 6.45) is 3.81. The molecule has 0 unspecified atom stereocenters. The number of likely N-dealkylation sites (tertiary alicyclic amines) is 1. The number of rotatable bonds is 6. The van der Waals surface area contributed by atoms with E-state index in [0.29, 0.717) is 22.5 Å². The second-order valence-corrected chi connectivity index (χ2v) is 9.61. The fourth-order valence-electron chi connectivity index (χ4n) is 4.75. The van der Waals surface area contributed by atoms with Crippen molar-refractivity contribution >= 4 is 45.9 Å². The van der Waals surface area contributed by atoms with Crippen LogP contribution in [0.4, 0.5) is 11.4 Å². The number of benzene rings is 2. The second kappa shape index (κ2) is 9.44. The van der Waals surface area contributed by atoms with Gasteiger partial charge in [-0.05, 0) is 73.3 Å². The highest BCUT2D eigenvalue weighted by Gasteiger charge is 2.34. The summed E-state index contributed by atoms with van der Waals surface area (Å²) in [5, 5.41) is 17.0. The smallest absolute Gasteiger partial charge is 0.335 e. The predicted molar refractivity (Wildman–Crippen MR) is 137 cm³/mol. The zero-order valence-corrected chi connectivity index (χ0v) is 19.9. The van der Waals surface area contributed by atoms with Gasteiger partial charge in [0.1, 0.15) is 0 Å². The van der Waals surface area contributed by atoms with E-state index >= 15 is 0 Å². The van der Waals surface area contributed by atoms with E-state index in [1.165, 1.54) is 30.9 Å². The maximum absolute atomic E-state index is 13.4. The zero-order chi connectivity index (χ0) is 23.7. The number of hydrogen-bond donors (Lipinski definition) is 2. The first-order valence-electron chi connectivity index (χ1n) is 11.5. The number of likely N-dealkylation sites (N-methyl/N-ethyl adjacent to an activating group) is 1. The molecule has 7 heteroatoms. The van der Waals surface area contributed by atoms with E-state index in [1.54, 1.807) is 35.4 Å². The van der Waals surface area contributed by atoms with E-state index in [0.717, 1.165) is 30.9 Å². The number of piperidine rings is 1. The summed E-state index contributed by atoms with van der Waals surface area (Å²) in [5.74, 6) is -1.17. The first kappa shape index (κ1) is 22.4. The number of aromatic carboxylic acids is 1. The van der Waals surface area contributed by atoms with Gasteiger partial charge in [-0.25, -0.2) is 4.79 Å². The summed E-state index contributed by atoms with van der Waals surface area (Å²) in [6.45, 7) is 3.17. The molecule has 0 spiro atoms. The van der Waals surface area contributed by atoms with Crippen molar-refractivity contribution in [3.8, 4) is 0 Å². The number of nitrogens with zero attached hydrogens (tertiary/aromatic N) is 2. The molecule has 0 bridgehead atoms. The Morgan fingerprint density at radius 3 is 2.62 bits per heavy atom. The average molecular weight is 474 g/mol. The highest BCUT2D eigenvalue weighted by atomic mass is 32.1. The summed E-state index contributed by atoms with van der Waals surface area (Å²) >= 11 is 1.56. The minimum Gasteiger partial charge on any atom is -0.478 e. The quantitative estimate of drug-likeness (QED) is 0.470. The van der Waals surface area contributed by atoms with Crippen LogP contribution in [0.1, 0.15) is 46.3 Å². The first-order chi connectivity index (χ1) is 16.5. The molecule has 6 nitrogen and oxygen atoms in total. The third kappa shape index (κ3) is 4.36. The van der Waals surface area contributed by atoms with Crippen molar-refractivity contribution in [3.63, 3.8) is 0 Å². The molecule has 34 heavy (non-hydrogen) atoms. The molecular weight excluding hydrogens is 446 g/mol. The summed E-state index contributed by atoms with van der Waals surface area (Å²) in [4.78, 5) is 29.1. The van der Waals surface area contributed by atoms with Gasteiger partial charge in [0.2, 0.25) is 0 Å². The molecule has 2 aliphatic heterocycles. The Bertz CT molecular complexity index is 1260. The third-order valence-electron chi connectivity index (χ3n) is 6.50. The molecule has 1 fully saturated rings. The van der Waals surface area contributed by atoms with Crippen molar-refractivity contribution in [2.24, 2.45) is 0 Å². The number of carboxylic acid groups (broad SMARTS) is 1. The van der Waals surface area contributed by atoms with Gasteiger partial charge in [0.05, 0.1) is 22.5 Å². The number of hydrogen-bond acceptors (Lipinski definition) is 5. The number of nitrogens with one attached hydrogen (secondary N) is 1. The fraction of sp³-hybridized carbons (Fsp3) is 0.259. The van der Waals surface area contributed by atoms with E-state index < -0.39 is 5.97 Å². The normalized spacial score (nSPS) is 17.6. The van der Waals surface area contributed by atoms with Crippen molar-refractivity contribution < 1.29 is 14.7 Å². The van der Waals surface area contributed by atoms with Gasteiger partial charge in [-0.15, -0.1) is 0 Å². The second-order valence-electron chi connectivity index (χ2n) is 8.83. The minimum absolute atomic E-state index is 0.157. The van der Waals surface area contributed by atoms with Gasteiger partial charge in [-0.2, -0.15) is 11.3 Å². The Labute approximate surface area is 203 Å². The van der Waals surface area contributed by atoms with E-state index in [9.17, 15) is 14.7 Å². The molecule has 3 heterocycles. The number of carbonyl (C=O) groups excluding carboxylic acids is 1. The van der Waals surface area contributed by atoms with Crippen molar-refractivity contribution in [1.82, 2.24) is 4.90 Å². The first-order valence-corrected chi connectivity index (χ1v) is 12.5. The summed E-state index contributed by atoms with van der Waals surface area (Å²) < 4.78 is 0. The van der Waals surface area contributed by atoms with Gasteiger partial charge in [0.25, 0.3) is 5.91 Å². The van der Waals surface area contributed by atoms with Gasteiger partial charge in [-0.3, -0.25) is 9.69 Å². The van der Waals surface area contributed by atoms with E-state index in [2.05, 4.69) is 22.3 Å². The Hall–Kier alpha value is -3.42. The fourth-order valence-corrected chi connectivity index (χ4v) is 5.40. The lowest BCUT2D eigenvalue weighted by atomic mass is 9.99. The molecule has 5 rings (SSSR count). The topological polar surface area (TPSA) is 72.9 Å². The van der Waals surface area contributed by atoms with E-state index in [-0.39, 0.29) is 11.5 Å². The van der Waals surface area contributed by atoms with Crippen LogP contribution >= 0.6 is 11.3 Å². The molecule has 2 aromatic carbocycles. The Balaban J connectivity index is 1.56. The molecule has 2 N–H and O–H groups in total. The average Bonchev–Trinajstić information content (AvgIpc) is 3.46. The van der Waals surface area contributed by atoms with Crippen LogP contribution in [-0.2, 0) is 11.3 Å². The monoisotopic (exact) mass is 473 g/mol. The van der Waals surface area contributed by atoms with Crippen molar-refractivity contribution in [1.29, 1.82) is 0 Å². The molecule has 0 saturated carbocycles. The lowest BCUT2D eigenvalue weighted by molar-refractivity contribution is -0.112. The van der Waals surface area contributed by atoms with Gasteiger partial charge in [0.15, 0.2) is 0 Å². The van der Waals surface area contributed by atoms with Crippen LogP contribution in [0.2, 0.25) is 0 Å². The molecule has 0 aliphatic carbocycles. The van der Waals surface area contributed by atoms with Crippen molar-refractivity contribution in [2.75, 3.05) is 30.4 Å². The zero-order valence-electron chi connectivity index (χ0n) is 19.1. The molecule has 1 saturated heterocycles. The lowest BCUT2D eigenvalue weighted by Crippen LogP contribution is -2.29. The number of anilines is 2. The number of amides is 1. The van der Waals surface area contributed by atoms with Crippen LogP contribution in [-0.4, -0.2) is 42.0 Å². The standard InChI is InChI=1S/C27H27N3O3S/c1-29-23-9-8-19(27(32)33)15-22(23)24(26(29)31)25(20-10-13-34-17-20)28-21-7-5-6-18(14-21)16-30-11-3-2-4-12-30/h5-10,13-15,17,28H,2-4,11-12,16H2,1H3,(H,32,33). The predicted octanol–water partition coefficient (Wildman–Crippen LogP) is 5.39. The van der Waals surface area contributed by atoms with Crippen molar-refractivity contribution in [2.45, 2.75) is 25.8 Å². The molecule has 2 aliphatic rings. The van der Waals surface area contributed by atoms with E-state index in [4.69, 9.17) is 0 Å². The number of fused-ring (bicyclic) bond motifs is 1. The maximum Gasteiger partial charge on any atom is 0.335 e. The van der Waals surface area contributed by atoms with Crippen molar-refractivity contribution in [3.05, 3.63) is 81.5 Å². The highest BCUT2D eigenvalue weighted by Crippen LogP contribution is 2.41. The molecule has 1 amide bonds. The van der Waals surface area contributed by atoms with Gasteiger partial charge in [0, 0.05) is 35.8 Å². The number of carboxylic acids is 1. The summed E-state index contributed by atoms with van der Waals surface area (Å²) in [6, 6.07) is 15.1. The van der Waals surface area contributed by atoms with Crippen LogP contribution in [0.5, 0.6) is 0 Å². The number of carbonyl (C=O) groups is 2. The molecule has 3 aromatic rings. The van der Waals surface area contributed by atoms with Gasteiger partial charge in [-0.1, -0.05) is 18.6 Å². The van der Waals surface area contributed by atoms with Crippen LogP contribution < -0.4 is 10.2 Å². The van der Waals surface area contributed by atoms with Crippen LogP contribution in [0.3, 0.4) is 0 Å². The van der Waals surface area contributed by atoms with Crippen LogP contribution in [0.25, 0.3) is 11.3 Å².